The standard InChI is InChI=1S/C29H42N4O4S/c1-3-4-19-33(26-7-5-6-8-26)29(34)30-24-17-20-32(21-18-24)22-23-9-13-27(14-10-23)37-28-15-11-25(12-16-28)31-38(2,35)36/h9-16,24,26,31H,3-8,17-22H2,1-2H3,(H,30,34). The van der Waals surface area contributed by atoms with E-state index in [9.17, 15) is 13.2 Å². The molecule has 2 N–H and O–H groups in total. The Labute approximate surface area is 227 Å². The monoisotopic (exact) mass is 542 g/mol. The molecule has 208 valence electrons. The number of carbonyl (C=O) groups excluding carboxylic acids is 1. The number of anilines is 1. The van der Waals surface area contributed by atoms with Gasteiger partial charge in [0.25, 0.3) is 0 Å². The van der Waals surface area contributed by atoms with Gasteiger partial charge in [0.05, 0.1) is 6.26 Å². The molecule has 1 aliphatic heterocycles. The van der Waals surface area contributed by atoms with Gasteiger partial charge >= 0.3 is 6.03 Å². The zero-order chi connectivity index (χ0) is 27.0. The van der Waals surface area contributed by atoms with Crippen molar-refractivity contribution in [1.29, 1.82) is 0 Å². The van der Waals surface area contributed by atoms with Crippen LogP contribution in [-0.2, 0) is 16.6 Å². The number of ether oxygens (including phenoxy) is 1. The van der Waals surface area contributed by atoms with Crippen LogP contribution in [-0.4, -0.2) is 62.2 Å². The molecule has 1 saturated heterocycles. The van der Waals surface area contributed by atoms with Crippen LogP contribution in [0.4, 0.5) is 10.5 Å². The lowest BCUT2D eigenvalue weighted by molar-refractivity contribution is 0.154. The quantitative estimate of drug-likeness (QED) is 0.387. The molecular formula is C29H42N4O4S. The van der Waals surface area contributed by atoms with Crippen LogP contribution in [0.3, 0.4) is 0 Å². The summed E-state index contributed by atoms with van der Waals surface area (Å²) in [7, 11) is -3.30. The van der Waals surface area contributed by atoms with E-state index in [4.69, 9.17) is 4.74 Å². The lowest BCUT2D eigenvalue weighted by atomic mass is 10.0. The number of sulfonamides is 1. The number of amides is 2. The van der Waals surface area contributed by atoms with Crippen molar-refractivity contribution in [3.63, 3.8) is 0 Å². The van der Waals surface area contributed by atoms with E-state index in [1.165, 1.54) is 18.4 Å². The van der Waals surface area contributed by atoms with Crippen LogP contribution in [0.15, 0.2) is 48.5 Å². The number of carbonyl (C=O) groups is 1. The summed E-state index contributed by atoms with van der Waals surface area (Å²) in [6.45, 7) is 5.86. The maximum Gasteiger partial charge on any atom is 0.317 e. The Kier molecular flexibility index (Phi) is 9.91. The van der Waals surface area contributed by atoms with Crippen LogP contribution in [0.1, 0.15) is 63.9 Å². The highest BCUT2D eigenvalue weighted by Crippen LogP contribution is 2.26. The van der Waals surface area contributed by atoms with Crippen molar-refractivity contribution in [3.8, 4) is 11.5 Å². The number of piperidine rings is 1. The number of rotatable bonds is 11. The van der Waals surface area contributed by atoms with Crippen molar-refractivity contribution in [2.45, 2.75) is 76.9 Å². The van der Waals surface area contributed by atoms with E-state index in [-0.39, 0.29) is 12.1 Å². The molecule has 2 aliphatic rings. The molecule has 2 aromatic carbocycles. The van der Waals surface area contributed by atoms with Gasteiger partial charge in [0.15, 0.2) is 0 Å². The van der Waals surface area contributed by atoms with Crippen LogP contribution in [0.2, 0.25) is 0 Å². The summed E-state index contributed by atoms with van der Waals surface area (Å²) in [5.41, 5.74) is 1.72. The molecule has 2 aromatic rings. The average molecular weight is 543 g/mol. The van der Waals surface area contributed by atoms with Crippen LogP contribution < -0.4 is 14.8 Å². The molecule has 0 bridgehead atoms. The Hall–Kier alpha value is -2.78. The van der Waals surface area contributed by atoms with Gasteiger partial charge in [-0.3, -0.25) is 9.62 Å². The fourth-order valence-electron chi connectivity index (χ4n) is 5.35. The van der Waals surface area contributed by atoms with E-state index in [2.05, 4.69) is 38.9 Å². The van der Waals surface area contributed by atoms with Gasteiger partial charge in [-0.05, 0) is 74.1 Å². The Morgan fingerprint density at radius 1 is 0.974 bits per heavy atom. The lowest BCUT2D eigenvalue weighted by Gasteiger charge is -2.35. The molecule has 1 saturated carbocycles. The van der Waals surface area contributed by atoms with Crippen molar-refractivity contribution in [2.75, 3.05) is 30.6 Å². The van der Waals surface area contributed by atoms with Crippen LogP contribution in [0, 0.1) is 0 Å². The van der Waals surface area contributed by atoms with Crippen LogP contribution in [0.25, 0.3) is 0 Å². The SMILES string of the molecule is CCCCN(C(=O)NC1CCN(Cc2ccc(Oc3ccc(NS(C)(=O)=O)cc3)cc2)CC1)C1CCCC1. The van der Waals surface area contributed by atoms with Gasteiger partial charge in [0.2, 0.25) is 10.0 Å². The summed E-state index contributed by atoms with van der Waals surface area (Å²) in [5, 5.41) is 3.34. The summed E-state index contributed by atoms with van der Waals surface area (Å²) in [5.74, 6) is 1.37. The average Bonchev–Trinajstić information content (AvgIpc) is 3.42. The van der Waals surface area contributed by atoms with Crippen LogP contribution >= 0.6 is 0 Å². The van der Waals surface area contributed by atoms with Crippen molar-refractivity contribution >= 4 is 21.7 Å². The Morgan fingerprint density at radius 3 is 2.16 bits per heavy atom. The third-order valence-corrected chi connectivity index (χ3v) is 8.02. The highest BCUT2D eigenvalue weighted by Gasteiger charge is 2.28. The summed E-state index contributed by atoms with van der Waals surface area (Å²) in [6.07, 6.45) is 10.0. The predicted molar refractivity (Wildman–Crippen MR) is 152 cm³/mol. The van der Waals surface area contributed by atoms with Gasteiger partial charge in [0.1, 0.15) is 11.5 Å². The van der Waals surface area contributed by atoms with Gasteiger partial charge in [-0.25, -0.2) is 13.2 Å². The Bertz CT molecular complexity index is 1120. The van der Waals surface area contributed by atoms with Crippen LogP contribution in [0.5, 0.6) is 11.5 Å². The molecule has 0 unspecified atom stereocenters. The molecule has 0 spiro atoms. The molecular weight excluding hydrogens is 500 g/mol. The number of hydrogen-bond acceptors (Lipinski definition) is 5. The second-order valence-electron chi connectivity index (χ2n) is 10.6. The molecule has 1 heterocycles. The third-order valence-electron chi connectivity index (χ3n) is 7.42. The normalized spacial score (nSPS) is 17.3. The maximum absolute atomic E-state index is 13.1. The van der Waals surface area contributed by atoms with E-state index < -0.39 is 10.0 Å². The van der Waals surface area contributed by atoms with Gasteiger partial charge in [-0.2, -0.15) is 0 Å². The number of benzene rings is 2. The third kappa shape index (κ3) is 8.63. The first-order chi connectivity index (χ1) is 18.3. The van der Waals surface area contributed by atoms with Gasteiger partial charge in [0, 0.05) is 44.0 Å². The smallest absolute Gasteiger partial charge is 0.317 e. The first-order valence-electron chi connectivity index (χ1n) is 13.9. The minimum atomic E-state index is -3.30. The Morgan fingerprint density at radius 2 is 1.58 bits per heavy atom. The largest absolute Gasteiger partial charge is 0.457 e. The number of hydrogen-bond donors (Lipinski definition) is 2. The minimum Gasteiger partial charge on any atom is -0.457 e. The van der Waals surface area contributed by atoms with E-state index >= 15 is 0 Å². The molecule has 1 aliphatic carbocycles. The zero-order valence-electron chi connectivity index (χ0n) is 22.7. The predicted octanol–water partition coefficient (Wildman–Crippen LogP) is 5.57. The molecule has 0 radical (unpaired) electrons. The van der Waals surface area contributed by atoms with E-state index in [0.29, 0.717) is 17.5 Å². The number of nitrogens with one attached hydrogen (secondary N) is 2. The fourth-order valence-corrected chi connectivity index (χ4v) is 5.91. The molecule has 2 amide bonds. The van der Waals surface area contributed by atoms with Crippen molar-refractivity contribution < 1.29 is 17.9 Å². The second kappa shape index (κ2) is 13.3. The fraction of sp³-hybridized carbons (Fsp3) is 0.552. The molecule has 9 heteroatoms. The first-order valence-corrected chi connectivity index (χ1v) is 15.8. The molecule has 38 heavy (non-hydrogen) atoms. The van der Waals surface area contributed by atoms with Crippen molar-refractivity contribution in [1.82, 2.24) is 15.1 Å². The highest BCUT2D eigenvalue weighted by molar-refractivity contribution is 7.92. The summed E-state index contributed by atoms with van der Waals surface area (Å²) in [4.78, 5) is 17.6. The summed E-state index contributed by atoms with van der Waals surface area (Å²) >= 11 is 0. The number of urea groups is 1. The topological polar surface area (TPSA) is 91.0 Å². The number of nitrogens with zero attached hydrogens (tertiary/aromatic N) is 2. The van der Waals surface area contributed by atoms with Gasteiger partial charge in [-0.1, -0.05) is 38.3 Å². The number of likely N-dealkylation sites (tertiary alicyclic amines) is 1. The molecule has 0 atom stereocenters. The van der Waals surface area contributed by atoms with E-state index in [1.54, 1.807) is 24.3 Å². The number of unbranched alkanes of at least 4 members (excludes halogenated alkanes) is 1. The molecule has 4 rings (SSSR count). The second-order valence-corrected chi connectivity index (χ2v) is 12.4. The van der Waals surface area contributed by atoms with Gasteiger partial charge in [-0.15, -0.1) is 0 Å². The highest BCUT2D eigenvalue weighted by atomic mass is 32.2. The van der Waals surface area contributed by atoms with Crippen molar-refractivity contribution in [2.24, 2.45) is 0 Å². The summed E-state index contributed by atoms with van der Waals surface area (Å²) in [6, 6.07) is 15.7. The zero-order valence-corrected chi connectivity index (χ0v) is 23.5. The minimum absolute atomic E-state index is 0.140. The van der Waals surface area contributed by atoms with E-state index in [0.717, 1.165) is 76.7 Å². The van der Waals surface area contributed by atoms with E-state index in [1.807, 2.05) is 12.1 Å². The van der Waals surface area contributed by atoms with Gasteiger partial charge < -0.3 is 15.0 Å². The Balaban J connectivity index is 1.21. The maximum atomic E-state index is 13.1. The molecule has 8 nitrogen and oxygen atoms in total. The first kappa shape index (κ1) is 28.2. The molecule has 2 fully saturated rings. The molecule has 0 aromatic heterocycles. The summed E-state index contributed by atoms with van der Waals surface area (Å²) < 4.78 is 31.0. The lowest BCUT2D eigenvalue weighted by Crippen LogP contribution is -2.51. The van der Waals surface area contributed by atoms with Crippen molar-refractivity contribution in [3.05, 3.63) is 54.1 Å².